The van der Waals surface area contributed by atoms with Gasteiger partial charge < -0.3 is 9.67 Å². The molecule has 0 bridgehead atoms. The molecule has 1 atom stereocenters. The number of pyridine rings is 1. The fraction of sp³-hybridized carbons (Fsp3) is 0.381. The molecule has 0 radical (unpaired) electrons. The Balaban J connectivity index is 2.23. The van der Waals surface area contributed by atoms with E-state index in [2.05, 4.69) is 17.6 Å². The molecule has 27 heavy (non-hydrogen) atoms. The third kappa shape index (κ3) is 4.89. The summed E-state index contributed by atoms with van der Waals surface area (Å²) in [5, 5.41) is 19.3. The summed E-state index contributed by atoms with van der Waals surface area (Å²) in [7, 11) is 0. The number of hydrogen-bond donors (Lipinski definition) is 1. The SMILES string of the molecule is C=C/C=C(/CCC)C(O)CC(=O)Cn1cc(F)cc2c(CC#N)c(C)nc1-2. The molecule has 0 aromatic carbocycles. The Morgan fingerprint density at radius 3 is 2.93 bits per heavy atom. The first-order valence-electron chi connectivity index (χ1n) is 8.94. The van der Waals surface area contributed by atoms with Gasteiger partial charge in [0.1, 0.15) is 11.6 Å². The molecule has 1 N–H and O–H groups in total. The molecule has 0 fully saturated rings. The van der Waals surface area contributed by atoms with Crippen molar-refractivity contribution in [1.82, 2.24) is 9.55 Å². The summed E-state index contributed by atoms with van der Waals surface area (Å²) in [5.41, 5.74) is 2.62. The molecular weight excluding hydrogens is 345 g/mol. The number of nitrogens with zero attached hydrogens (tertiary/aromatic N) is 3. The molecule has 0 spiro atoms. The van der Waals surface area contributed by atoms with Gasteiger partial charge in [0.25, 0.3) is 0 Å². The van der Waals surface area contributed by atoms with Crippen molar-refractivity contribution < 1.29 is 14.3 Å². The van der Waals surface area contributed by atoms with Crippen molar-refractivity contribution in [2.24, 2.45) is 0 Å². The summed E-state index contributed by atoms with van der Waals surface area (Å²) >= 11 is 0. The van der Waals surface area contributed by atoms with Crippen LogP contribution in [0.2, 0.25) is 0 Å². The van der Waals surface area contributed by atoms with E-state index in [1.165, 1.54) is 16.8 Å². The van der Waals surface area contributed by atoms with Gasteiger partial charge in [-0.15, -0.1) is 0 Å². The van der Waals surface area contributed by atoms with Gasteiger partial charge in [-0.1, -0.05) is 32.1 Å². The van der Waals surface area contributed by atoms with E-state index in [0.29, 0.717) is 29.1 Å². The minimum absolute atomic E-state index is 0.0601. The van der Waals surface area contributed by atoms with Crippen LogP contribution in [0.3, 0.4) is 0 Å². The van der Waals surface area contributed by atoms with E-state index < -0.39 is 11.9 Å². The highest BCUT2D eigenvalue weighted by molar-refractivity contribution is 5.80. The molecule has 0 aromatic heterocycles. The van der Waals surface area contributed by atoms with E-state index in [-0.39, 0.29) is 25.2 Å². The molecule has 2 aliphatic heterocycles. The predicted octanol–water partition coefficient (Wildman–Crippen LogP) is 3.73. The van der Waals surface area contributed by atoms with E-state index in [9.17, 15) is 14.3 Å². The summed E-state index contributed by atoms with van der Waals surface area (Å²) in [4.78, 5) is 16.9. The Morgan fingerprint density at radius 1 is 1.56 bits per heavy atom. The molecule has 5 nitrogen and oxygen atoms in total. The molecule has 0 saturated carbocycles. The smallest absolute Gasteiger partial charge is 0.155 e. The highest BCUT2D eigenvalue weighted by atomic mass is 19.1. The van der Waals surface area contributed by atoms with Gasteiger partial charge in [0.2, 0.25) is 0 Å². The number of nitriles is 1. The predicted molar refractivity (Wildman–Crippen MR) is 102 cm³/mol. The molecule has 0 saturated heterocycles. The van der Waals surface area contributed by atoms with Gasteiger partial charge >= 0.3 is 0 Å². The van der Waals surface area contributed by atoms with Crippen LogP contribution in [0.5, 0.6) is 0 Å². The monoisotopic (exact) mass is 369 g/mol. The minimum atomic E-state index is -0.886. The van der Waals surface area contributed by atoms with Gasteiger partial charge in [-0.2, -0.15) is 5.26 Å². The van der Waals surface area contributed by atoms with Crippen molar-refractivity contribution in [2.45, 2.75) is 52.2 Å². The second kappa shape index (κ2) is 9.24. The number of hydrogen-bond acceptors (Lipinski definition) is 4. The van der Waals surface area contributed by atoms with E-state index in [4.69, 9.17) is 5.26 Å². The number of aromatic nitrogens is 2. The lowest BCUT2D eigenvalue weighted by molar-refractivity contribution is -0.121. The zero-order valence-corrected chi connectivity index (χ0v) is 15.7. The lowest BCUT2D eigenvalue weighted by Crippen LogP contribution is -2.21. The van der Waals surface area contributed by atoms with Crippen molar-refractivity contribution >= 4 is 5.78 Å². The number of rotatable bonds is 9. The van der Waals surface area contributed by atoms with Crippen LogP contribution >= 0.6 is 0 Å². The summed E-state index contributed by atoms with van der Waals surface area (Å²) in [6, 6.07) is 3.40. The van der Waals surface area contributed by atoms with Crippen molar-refractivity contribution in [2.75, 3.05) is 0 Å². The Labute approximate surface area is 158 Å². The van der Waals surface area contributed by atoms with Crippen LogP contribution in [-0.2, 0) is 17.8 Å². The Hall–Kier alpha value is -2.78. The highest BCUT2D eigenvalue weighted by Gasteiger charge is 2.22. The van der Waals surface area contributed by atoms with Gasteiger partial charge in [-0.05, 0) is 30.5 Å². The lowest BCUT2D eigenvalue weighted by atomic mass is 9.99. The summed E-state index contributed by atoms with van der Waals surface area (Å²) in [5.74, 6) is -0.258. The number of carbonyl (C=O) groups is 1. The Morgan fingerprint density at radius 2 is 2.30 bits per heavy atom. The molecule has 6 heteroatoms. The zero-order chi connectivity index (χ0) is 20.0. The normalized spacial score (nSPS) is 12.8. The minimum Gasteiger partial charge on any atom is -0.388 e. The summed E-state index contributed by atoms with van der Waals surface area (Å²) in [6.07, 6.45) is 5.26. The number of aliphatic hydroxyl groups is 1. The molecule has 0 amide bonds. The third-order valence-electron chi connectivity index (χ3n) is 4.43. The molecule has 2 rings (SSSR count). The number of carbonyl (C=O) groups excluding carboxylic acids is 1. The fourth-order valence-electron chi connectivity index (χ4n) is 3.20. The Kier molecular flexibility index (Phi) is 7.03. The number of ketones is 1. The van der Waals surface area contributed by atoms with Crippen LogP contribution in [0.25, 0.3) is 11.4 Å². The van der Waals surface area contributed by atoms with E-state index >= 15 is 0 Å². The maximum Gasteiger partial charge on any atom is 0.155 e. The van der Waals surface area contributed by atoms with Gasteiger partial charge in [-0.25, -0.2) is 9.37 Å². The lowest BCUT2D eigenvalue weighted by Gasteiger charge is -2.16. The first-order chi connectivity index (χ1) is 12.9. The van der Waals surface area contributed by atoms with Gasteiger partial charge in [0.05, 0.1) is 25.1 Å². The van der Waals surface area contributed by atoms with Gasteiger partial charge in [0, 0.05) is 23.9 Å². The van der Waals surface area contributed by atoms with E-state index in [1.54, 1.807) is 19.1 Å². The first-order valence-corrected chi connectivity index (χ1v) is 8.94. The van der Waals surface area contributed by atoms with Crippen molar-refractivity contribution in [3.8, 4) is 17.5 Å². The van der Waals surface area contributed by atoms with Gasteiger partial charge in [-0.3, -0.25) is 4.79 Å². The van der Waals surface area contributed by atoms with Crippen LogP contribution in [0.4, 0.5) is 4.39 Å². The van der Waals surface area contributed by atoms with Crippen LogP contribution in [0, 0.1) is 24.1 Å². The number of fused-ring (bicyclic) bond motifs is 1. The largest absolute Gasteiger partial charge is 0.388 e. The second-order valence-electron chi connectivity index (χ2n) is 6.52. The molecule has 2 aliphatic rings. The fourth-order valence-corrected chi connectivity index (χ4v) is 3.20. The summed E-state index contributed by atoms with van der Waals surface area (Å²) < 4.78 is 15.5. The van der Waals surface area contributed by atoms with E-state index in [1.807, 2.05) is 6.92 Å². The van der Waals surface area contributed by atoms with Crippen molar-refractivity contribution in [3.05, 3.63) is 53.6 Å². The standard InChI is InChI=1S/C21H24FN3O2/c1-4-6-15(7-5-2)20(27)11-17(26)13-25-12-16(22)10-19-18(8-9-23)14(3)24-21(19)25/h4,6,10,12,20,27H,1,5,7-8,11,13H2,2-3H3/b15-6-. The van der Waals surface area contributed by atoms with Crippen LogP contribution in [-0.4, -0.2) is 26.5 Å². The van der Waals surface area contributed by atoms with Crippen LogP contribution < -0.4 is 0 Å². The average Bonchev–Trinajstić information content (AvgIpc) is 2.91. The van der Waals surface area contributed by atoms with E-state index in [0.717, 1.165) is 12.0 Å². The topological polar surface area (TPSA) is 78.9 Å². The molecular formula is C21H24FN3O2. The molecule has 0 aliphatic carbocycles. The number of aliphatic hydroxyl groups excluding tert-OH is 1. The van der Waals surface area contributed by atoms with Crippen LogP contribution in [0.15, 0.2) is 36.6 Å². The molecule has 1 unspecified atom stereocenters. The first kappa shape index (κ1) is 20.5. The van der Waals surface area contributed by atoms with Crippen LogP contribution in [0.1, 0.15) is 37.4 Å². The summed E-state index contributed by atoms with van der Waals surface area (Å²) in [6.45, 7) is 7.29. The number of allylic oxidation sites excluding steroid dienone is 2. The van der Waals surface area contributed by atoms with Crippen molar-refractivity contribution in [1.29, 1.82) is 5.26 Å². The number of aryl methyl sites for hydroxylation is 1. The third-order valence-corrected chi connectivity index (χ3v) is 4.43. The number of halogens is 1. The zero-order valence-electron chi connectivity index (χ0n) is 15.7. The number of Topliss-reactive ketones (excluding diaryl/α,β-unsaturated/α-hetero) is 1. The Bertz CT molecular complexity index is 876. The molecule has 2 heterocycles. The average molecular weight is 369 g/mol. The molecule has 142 valence electrons. The second-order valence-corrected chi connectivity index (χ2v) is 6.52. The maximum absolute atomic E-state index is 14.1. The van der Waals surface area contributed by atoms with Gasteiger partial charge in [0.15, 0.2) is 5.78 Å². The maximum atomic E-state index is 14.1. The quantitative estimate of drug-likeness (QED) is 0.683. The highest BCUT2D eigenvalue weighted by Crippen LogP contribution is 2.30. The molecule has 0 aromatic rings. The van der Waals surface area contributed by atoms with Crippen molar-refractivity contribution in [3.63, 3.8) is 0 Å².